The quantitative estimate of drug-likeness (QED) is 0.162. The summed E-state index contributed by atoms with van der Waals surface area (Å²) < 4.78 is 1.81. The molecule has 0 unspecified atom stereocenters. The number of aromatic nitrogens is 1. The van der Waals surface area contributed by atoms with Crippen LogP contribution in [-0.2, 0) is 6.54 Å². The standard InChI is InChI=1S/C9H9N3O/c1-2-5-12-6-3-8(4-7-12)9(10)11-13/h1,3-4,6-7H,5,10H2/p+1. The molecule has 0 amide bonds. The normalized spacial score (nSPS) is 10.8. The molecular weight excluding hydrogens is 166 g/mol. The number of terminal acetylenes is 1. The molecule has 1 aromatic rings. The topological polar surface area (TPSA) is 62.5 Å². The zero-order valence-electron chi connectivity index (χ0n) is 7.01. The van der Waals surface area contributed by atoms with Crippen molar-refractivity contribution in [1.82, 2.24) is 0 Å². The van der Waals surface area contributed by atoms with Gasteiger partial charge in [-0.05, 0) is 5.92 Å². The highest BCUT2D eigenvalue weighted by molar-refractivity contribution is 5.96. The molecule has 1 heterocycles. The van der Waals surface area contributed by atoms with Crippen molar-refractivity contribution in [1.29, 1.82) is 0 Å². The zero-order chi connectivity index (χ0) is 9.68. The summed E-state index contributed by atoms with van der Waals surface area (Å²) in [5.74, 6) is 2.59. The van der Waals surface area contributed by atoms with Gasteiger partial charge in [0.2, 0.25) is 6.54 Å². The van der Waals surface area contributed by atoms with Gasteiger partial charge >= 0.3 is 0 Å². The lowest BCUT2D eigenvalue weighted by atomic mass is 10.2. The fourth-order valence-electron chi connectivity index (χ4n) is 0.897. The van der Waals surface area contributed by atoms with E-state index in [1.54, 1.807) is 24.5 Å². The zero-order valence-corrected chi connectivity index (χ0v) is 7.01. The maximum atomic E-state index is 8.38. The van der Waals surface area contributed by atoms with E-state index < -0.39 is 0 Å². The van der Waals surface area contributed by atoms with Crippen LogP contribution in [0, 0.1) is 12.3 Å². The molecule has 66 valence electrons. The highest BCUT2D eigenvalue weighted by atomic mass is 16.4. The van der Waals surface area contributed by atoms with E-state index in [-0.39, 0.29) is 5.84 Å². The van der Waals surface area contributed by atoms with Crippen molar-refractivity contribution in [3.05, 3.63) is 30.1 Å². The minimum atomic E-state index is 0.0906. The minimum Gasteiger partial charge on any atom is -0.409 e. The lowest BCUT2D eigenvalue weighted by Gasteiger charge is -1.95. The van der Waals surface area contributed by atoms with Crippen molar-refractivity contribution in [2.24, 2.45) is 10.9 Å². The first kappa shape index (κ1) is 9.07. The molecule has 3 N–H and O–H groups in total. The average Bonchev–Trinajstić information content (AvgIpc) is 2.18. The van der Waals surface area contributed by atoms with Crippen LogP contribution in [0.5, 0.6) is 0 Å². The number of pyridine rings is 1. The summed E-state index contributed by atoms with van der Waals surface area (Å²) in [7, 11) is 0. The molecule has 0 radical (unpaired) electrons. The molecule has 0 aliphatic carbocycles. The maximum Gasteiger partial charge on any atom is 0.208 e. The number of nitrogens with two attached hydrogens (primary N) is 1. The number of amidine groups is 1. The molecule has 0 saturated carbocycles. The van der Waals surface area contributed by atoms with Gasteiger partial charge in [-0.15, -0.1) is 6.42 Å². The summed E-state index contributed by atoms with van der Waals surface area (Å²) in [5.41, 5.74) is 6.03. The number of rotatable bonds is 2. The van der Waals surface area contributed by atoms with Gasteiger partial charge in [-0.1, -0.05) is 5.16 Å². The maximum absolute atomic E-state index is 8.38. The van der Waals surface area contributed by atoms with E-state index in [1.165, 1.54) is 0 Å². The minimum absolute atomic E-state index is 0.0906. The Hall–Kier alpha value is -2.02. The lowest BCUT2D eigenvalue weighted by molar-refractivity contribution is -0.684. The van der Waals surface area contributed by atoms with Crippen LogP contribution in [0.3, 0.4) is 0 Å². The largest absolute Gasteiger partial charge is 0.409 e. The second-order valence-electron chi connectivity index (χ2n) is 2.45. The first-order valence-electron chi connectivity index (χ1n) is 3.68. The molecule has 0 aliphatic heterocycles. The SMILES string of the molecule is C#CC[n+]1ccc(C(N)=NO)cc1. The molecule has 0 aliphatic rings. The molecule has 0 saturated heterocycles. The Labute approximate surface area is 76.3 Å². The van der Waals surface area contributed by atoms with Gasteiger partial charge < -0.3 is 10.9 Å². The Bertz CT molecular complexity index is 348. The van der Waals surface area contributed by atoms with Crippen molar-refractivity contribution < 1.29 is 9.77 Å². The van der Waals surface area contributed by atoms with Crippen LogP contribution in [-0.4, -0.2) is 11.0 Å². The molecule has 0 spiro atoms. The molecule has 13 heavy (non-hydrogen) atoms. The second kappa shape index (κ2) is 4.12. The van der Waals surface area contributed by atoms with E-state index in [4.69, 9.17) is 17.4 Å². The predicted octanol–water partition coefficient (Wildman–Crippen LogP) is -0.298. The fourth-order valence-corrected chi connectivity index (χ4v) is 0.897. The van der Waals surface area contributed by atoms with E-state index >= 15 is 0 Å². The smallest absolute Gasteiger partial charge is 0.208 e. The van der Waals surface area contributed by atoms with Crippen molar-refractivity contribution in [2.75, 3.05) is 0 Å². The van der Waals surface area contributed by atoms with Crippen LogP contribution in [0.25, 0.3) is 0 Å². The van der Waals surface area contributed by atoms with Gasteiger partial charge in [-0.3, -0.25) is 0 Å². The average molecular weight is 176 g/mol. The molecular formula is C9H10N3O+. The monoisotopic (exact) mass is 176 g/mol. The fraction of sp³-hybridized carbons (Fsp3) is 0.111. The third-order valence-electron chi connectivity index (χ3n) is 1.57. The van der Waals surface area contributed by atoms with E-state index in [9.17, 15) is 0 Å². The number of hydrogen-bond donors (Lipinski definition) is 2. The van der Waals surface area contributed by atoms with Crippen LogP contribution < -0.4 is 10.3 Å². The molecule has 0 aromatic carbocycles. The Morgan fingerprint density at radius 2 is 2.23 bits per heavy atom. The van der Waals surface area contributed by atoms with Crippen LogP contribution >= 0.6 is 0 Å². The first-order valence-corrected chi connectivity index (χ1v) is 3.68. The summed E-state index contributed by atoms with van der Waals surface area (Å²) in [6, 6.07) is 3.46. The first-order chi connectivity index (χ1) is 6.27. The number of nitrogens with zero attached hydrogens (tertiary/aromatic N) is 2. The summed E-state index contributed by atoms with van der Waals surface area (Å²) in [5, 5.41) is 11.3. The van der Waals surface area contributed by atoms with Gasteiger partial charge in [0.1, 0.15) is 0 Å². The van der Waals surface area contributed by atoms with Crippen LogP contribution in [0.1, 0.15) is 5.56 Å². The highest BCUT2D eigenvalue weighted by Crippen LogP contribution is 1.93. The van der Waals surface area contributed by atoms with E-state index in [0.717, 1.165) is 0 Å². The van der Waals surface area contributed by atoms with Gasteiger partial charge in [0.15, 0.2) is 18.2 Å². The number of oxime groups is 1. The Morgan fingerprint density at radius 1 is 1.62 bits per heavy atom. The van der Waals surface area contributed by atoms with Gasteiger partial charge in [-0.2, -0.15) is 4.57 Å². The van der Waals surface area contributed by atoms with E-state index in [1.807, 2.05) is 4.57 Å². The molecule has 4 nitrogen and oxygen atoms in total. The Morgan fingerprint density at radius 3 is 2.69 bits per heavy atom. The number of hydrogen-bond acceptors (Lipinski definition) is 2. The molecule has 1 rings (SSSR count). The Kier molecular flexibility index (Phi) is 2.87. The summed E-state index contributed by atoms with van der Waals surface area (Å²) in [6.07, 6.45) is 8.67. The summed E-state index contributed by atoms with van der Waals surface area (Å²) in [4.78, 5) is 0. The third-order valence-corrected chi connectivity index (χ3v) is 1.57. The van der Waals surface area contributed by atoms with Crippen LogP contribution in [0.4, 0.5) is 0 Å². The van der Waals surface area contributed by atoms with Crippen LogP contribution in [0.15, 0.2) is 29.7 Å². The summed E-state index contributed by atoms with van der Waals surface area (Å²) >= 11 is 0. The van der Waals surface area contributed by atoms with Crippen molar-refractivity contribution >= 4 is 5.84 Å². The highest BCUT2D eigenvalue weighted by Gasteiger charge is 2.01. The van der Waals surface area contributed by atoms with Gasteiger partial charge in [-0.25, -0.2) is 0 Å². The van der Waals surface area contributed by atoms with Gasteiger partial charge in [0.25, 0.3) is 0 Å². The molecule has 0 fully saturated rings. The summed E-state index contributed by atoms with van der Waals surface area (Å²) in [6.45, 7) is 0.510. The predicted molar refractivity (Wildman–Crippen MR) is 48.0 cm³/mol. The molecule has 4 heteroatoms. The molecule has 1 aromatic heterocycles. The van der Waals surface area contributed by atoms with Crippen molar-refractivity contribution in [2.45, 2.75) is 6.54 Å². The van der Waals surface area contributed by atoms with E-state index in [0.29, 0.717) is 12.1 Å². The van der Waals surface area contributed by atoms with Gasteiger partial charge in [0, 0.05) is 17.7 Å². The second-order valence-corrected chi connectivity index (χ2v) is 2.45. The lowest BCUT2D eigenvalue weighted by Crippen LogP contribution is -2.32. The van der Waals surface area contributed by atoms with E-state index in [2.05, 4.69) is 11.1 Å². The molecule has 0 bridgehead atoms. The van der Waals surface area contributed by atoms with Crippen molar-refractivity contribution in [3.63, 3.8) is 0 Å². The van der Waals surface area contributed by atoms with Gasteiger partial charge in [0.05, 0.1) is 0 Å². The Balaban J connectivity index is 2.89. The van der Waals surface area contributed by atoms with Crippen LogP contribution in [0.2, 0.25) is 0 Å². The molecule has 0 atom stereocenters. The van der Waals surface area contributed by atoms with Crippen molar-refractivity contribution in [3.8, 4) is 12.3 Å². The third kappa shape index (κ3) is 2.20.